The Morgan fingerprint density at radius 3 is 2.60 bits per heavy atom. The van der Waals surface area contributed by atoms with E-state index < -0.39 is 23.4 Å². The van der Waals surface area contributed by atoms with Crippen molar-refractivity contribution in [1.82, 2.24) is 15.5 Å². The average molecular weight is 411 g/mol. The number of carbonyl (C=O) groups is 4. The molecule has 2 N–H and O–H groups in total. The predicted octanol–water partition coefficient (Wildman–Crippen LogP) is 2.07. The SMILES string of the molecule is CCOC(=O)CCCNC(=O)CN1C(=O)NC(C)(c2ccc3ccccc3c2)C1=O. The van der Waals surface area contributed by atoms with Crippen molar-refractivity contribution < 1.29 is 23.9 Å². The third-order valence-electron chi connectivity index (χ3n) is 5.09. The van der Waals surface area contributed by atoms with Crippen LogP contribution in [0.3, 0.4) is 0 Å². The van der Waals surface area contributed by atoms with E-state index in [9.17, 15) is 19.2 Å². The molecule has 1 aliphatic rings. The fourth-order valence-corrected chi connectivity index (χ4v) is 3.43. The molecular formula is C22H25N3O5. The number of hydrogen-bond donors (Lipinski definition) is 2. The van der Waals surface area contributed by atoms with E-state index in [4.69, 9.17) is 4.74 Å². The average Bonchev–Trinajstić information content (AvgIpc) is 2.95. The van der Waals surface area contributed by atoms with Crippen LogP contribution >= 0.6 is 0 Å². The maximum absolute atomic E-state index is 13.0. The summed E-state index contributed by atoms with van der Waals surface area (Å²) in [5.41, 5.74) is -0.595. The fourth-order valence-electron chi connectivity index (χ4n) is 3.43. The first kappa shape index (κ1) is 21.3. The van der Waals surface area contributed by atoms with E-state index in [1.807, 2.05) is 36.4 Å². The molecule has 1 unspecified atom stereocenters. The minimum absolute atomic E-state index is 0.192. The van der Waals surface area contributed by atoms with Gasteiger partial charge in [0.25, 0.3) is 5.91 Å². The highest BCUT2D eigenvalue weighted by Gasteiger charge is 2.49. The van der Waals surface area contributed by atoms with Crippen LogP contribution in [0, 0.1) is 0 Å². The number of nitrogens with one attached hydrogen (secondary N) is 2. The molecule has 4 amide bonds. The molecule has 1 aliphatic heterocycles. The Bertz CT molecular complexity index is 990. The molecule has 158 valence electrons. The second-order valence-electron chi connectivity index (χ2n) is 7.27. The van der Waals surface area contributed by atoms with E-state index >= 15 is 0 Å². The van der Waals surface area contributed by atoms with Gasteiger partial charge in [0.2, 0.25) is 5.91 Å². The van der Waals surface area contributed by atoms with E-state index in [0.717, 1.165) is 15.7 Å². The summed E-state index contributed by atoms with van der Waals surface area (Å²) < 4.78 is 4.82. The molecule has 0 spiro atoms. The number of carbonyl (C=O) groups excluding carboxylic acids is 4. The molecule has 1 heterocycles. The standard InChI is InChI=1S/C22H25N3O5/c1-3-30-19(27)9-6-12-23-18(26)14-25-20(28)22(2,24-21(25)29)17-11-10-15-7-4-5-8-16(15)13-17/h4-5,7-8,10-11,13H,3,6,9,12,14H2,1-2H3,(H,23,26)(H,24,29). The summed E-state index contributed by atoms with van der Waals surface area (Å²) in [6.07, 6.45) is 0.608. The van der Waals surface area contributed by atoms with Gasteiger partial charge in [-0.2, -0.15) is 0 Å². The monoisotopic (exact) mass is 411 g/mol. The molecule has 2 aromatic carbocycles. The van der Waals surface area contributed by atoms with Crippen molar-refractivity contribution in [3.05, 3.63) is 48.0 Å². The lowest BCUT2D eigenvalue weighted by molar-refractivity contribution is -0.143. The molecule has 0 bridgehead atoms. The van der Waals surface area contributed by atoms with Gasteiger partial charge < -0.3 is 15.4 Å². The molecule has 8 heteroatoms. The van der Waals surface area contributed by atoms with Crippen LogP contribution in [0.5, 0.6) is 0 Å². The smallest absolute Gasteiger partial charge is 0.325 e. The van der Waals surface area contributed by atoms with Gasteiger partial charge in [-0.25, -0.2) is 4.79 Å². The molecule has 1 saturated heterocycles. The molecule has 8 nitrogen and oxygen atoms in total. The molecule has 1 atom stereocenters. The Labute approximate surface area is 174 Å². The van der Waals surface area contributed by atoms with Gasteiger partial charge in [0.05, 0.1) is 6.61 Å². The molecule has 30 heavy (non-hydrogen) atoms. The van der Waals surface area contributed by atoms with Gasteiger partial charge in [-0.05, 0) is 42.7 Å². The van der Waals surface area contributed by atoms with Crippen molar-refractivity contribution >= 4 is 34.6 Å². The molecular weight excluding hydrogens is 386 g/mol. The van der Waals surface area contributed by atoms with Crippen molar-refractivity contribution in [3.8, 4) is 0 Å². The third-order valence-corrected chi connectivity index (χ3v) is 5.09. The highest BCUT2D eigenvalue weighted by atomic mass is 16.5. The summed E-state index contributed by atoms with van der Waals surface area (Å²) in [6, 6.07) is 12.7. The van der Waals surface area contributed by atoms with Crippen LogP contribution in [-0.2, 0) is 24.7 Å². The van der Waals surface area contributed by atoms with E-state index in [-0.39, 0.29) is 25.5 Å². The highest BCUT2D eigenvalue weighted by molar-refractivity contribution is 6.09. The Morgan fingerprint density at radius 2 is 1.87 bits per heavy atom. The molecule has 0 aliphatic carbocycles. The van der Waals surface area contributed by atoms with Gasteiger partial charge in [0.15, 0.2) is 0 Å². The zero-order chi connectivity index (χ0) is 21.7. The molecule has 0 radical (unpaired) electrons. The maximum atomic E-state index is 13.0. The number of rotatable bonds is 8. The summed E-state index contributed by atoms with van der Waals surface area (Å²) in [6.45, 7) is 3.54. The number of benzene rings is 2. The first-order chi connectivity index (χ1) is 14.3. The van der Waals surface area contributed by atoms with E-state index in [0.29, 0.717) is 18.6 Å². The van der Waals surface area contributed by atoms with Gasteiger partial charge in [-0.15, -0.1) is 0 Å². The van der Waals surface area contributed by atoms with Gasteiger partial charge in [0.1, 0.15) is 12.1 Å². The summed E-state index contributed by atoms with van der Waals surface area (Å²) in [5, 5.41) is 7.31. The maximum Gasteiger partial charge on any atom is 0.325 e. The fraction of sp³-hybridized carbons (Fsp3) is 0.364. The number of esters is 1. The summed E-state index contributed by atoms with van der Waals surface area (Å²) in [5.74, 6) is -1.28. The lowest BCUT2D eigenvalue weighted by Gasteiger charge is -2.22. The van der Waals surface area contributed by atoms with Gasteiger partial charge >= 0.3 is 12.0 Å². The molecule has 3 rings (SSSR count). The third kappa shape index (κ3) is 4.42. The van der Waals surface area contributed by atoms with Crippen molar-refractivity contribution in [1.29, 1.82) is 0 Å². The van der Waals surface area contributed by atoms with Crippen molar-refractivity contribution in [3.63, 3.8) is 0 Å². The number of urea groups is 1. The number of hydrogen-bond acceptors (Lipinski definition) is 5. The first-order valence-corrected chi connectivity index (χ1v) is 9.91. The van der Waals surface area contributed by atoms with Gasteiger partial charge in [0, 0.05) is 13.0 Å². The predicted molar refractivity (Wildman–Crippen MR) is 110 cm³/mol. The normalized spacial score (nSPS) is 18.4. The Hall–Kier alpha value is -3.42. The number of amides is 4. The van der Waals surface area contributed by atoms with Crippen molar-refractivity contribution in [2.45, 2.75) is 32.2 Å². The number of ether oxygens (including phenoxy) is 1. The first-order valence-electron chi connectivity index (χ1n) is 9.91. The molecule has 2 aromatic rings. The second kappa shape index (κ2) is 8.94. The van der Waals surface area contributed by atoms with Crippen LogP contribution in [0.15, 0.2) is 42.5 Å². The molecule has 0 saturated carbocycles. The van der Waals surface area contributed by atoms with Crippen LogP contribution in [-0.4, -0.2) is 48.4 Å². The molecule has 0 aromatic heterocycles. The quantitative estimate of drug-likeness (QED) is 0.393. The van der Waals surface area contributed by atoms with Crippen LogP contribution < -0.4 is 10.6 Å². The number of fused-ring (bicyclic) bond motifs is 1. The van der Waals surface area contributed by atoms with Crippen LogP contribution in [0.2, 0.25) is 0 Å². The van der Waals surface area contributed by atoms with Gasteiger partial charge in [-0.1, -0.05) is 36.4 Å². The zero-order valence-corrected chi connectivity index (χ0v) is 17.1. The zero-order valence-electron chi connectivity index (χ0n) is 17.1. The largest absolute Gasteiger partial charge is 0.466 e. The van der Waals surface area contributed by atoms with Crippen LogP contribution in [0.4, 0.5) is 4.79 Å². The highest BCUT2D eigenvalue weighted by Crippen LogP contribution is 2.30. The van der Waals surface area contributed by atoms with Crippen molar-refractivity contribution in [2.75, 3.05) is 19.7 Å². The Balaban J connectivity index is 1.62. The van der Waals surface area contributed by atoms with Crippen molar-refractivity contribution in [2.24, 2.45) is 0 Å². The number of imide groups is 1. The Morgan fingerprint density at radius 1 is 1.13 bits per heavy atom. The lowest BCUT2D eigenvalue weighted by atomic mass is 9.90. The minimum Gasteiger partial charge on any atom is -0.466 e. The summed E-state index contributed by atoms with van der Waals surface area (Å²) >= 11 is 0. The summed E-state index contributed by atoms with van der Waals surface area (Å²) in [4.78, 5) is 49.8. The summed E-state index contributed by atoms with van der Waals surface area (Å²) in [7, 11) is 0. The molecule has 1 fully saturated rings. The van der Waals surface area contributed by atoms with Gasteiger partial charge in [-0.3, -0.25) is 19.3 Å². The topological polar surface area (TPSA) is 105 Å². The second-order valence-corrected chi connectivity index (χ2v) is 7.27. The van der Waals surface area contributed by atoms with E-state index in [1.54, 1.807) is 19.9 Å². The van der Waals surface area contributed by atoms with Crippen LogP contribution in [0.25, 0.3) is 10.8 Å². The van der Waals surface area contributed by atoms with E-state index in [2.05, 4.69) is 10.6 Å². The number of nitrogens with zero attached hydrogens (tertiary/aromatic N) is 1. The lowest BCUT2D eigenvalue weighted by Crippen LogP contribution is -2.43. The van der Waals surface area contributed by atoms with Crippen LogP contribution in [0.1, 0.15) is 32.3 Å². The Kier molecular flexibility index (Phi) is 6.34. The minimum atomic E-state index is -1.24. The van der Waals surface area contributed by atoms with E-state index in [1.165, 1.54) is 0 Å².